The van der Waals surface area contributed by atoms with Gasteiger partial charge in [0.25, 0.3) is 0 Å². The molecule has 20 heavy (non-hydrogen) atoms. The number of hydrogen-bond acceptors (Lipinski definition) is 6. The summed E-state index contributed by atoms with van der Waals surface area (Å²) in [6.45, 7) is 1.54. The summed E-state index contributed by atoms with van der Waals surface area (Å²) in [6.07, 6.45) is 0. The first-order valence-electron chi connectivity index (χ1n) is 5.29. The van der Waals surface area contributed by atoms with Gasteiger partial charge in [-0.25, -0.2) is 9.37 Å². The first kappa shape index (κ1) is 13.6. The maximum atomic E-state index is 13.6. The summed E-state index contributed by atoms with van der Waals surface area (Å²) in [5.41, 5.74) is 4.48. The molecule has 0 saturated heterocycles. The van der Waals surface area contributed by atoms with E-state index in [0.29, 0.717) is 12.1 Å². The number of anilines is 1. The van der Waals surface area contributed by atoms with E-state index in [9.17, 15) is 18.9 Å². The fourth-order valence-electron chi connectivity index (χ4n) is 1.46. The minimum absolute atomic E-state index is 0.0929. The normalized spacial score (nSPS) is 10.3. The summed E-state index contributed by atoms with van der Waals surface area (Å²) in [6, 6.07) is 2.22. The van der Waals surface area contributed by atoms with Crippen molar-refractivity contribution in [1.29, 1.82) is 0 Å². The van der Waals surface area contributed by atoms with Crippen LogP contribution in [0.1, 0.15) is 5.82 Å². The van der Waals surface area contributed by atoms with Gasteiger partial charge in [-0.2, -0.15) is 9.37 Å². The van der Waals surface area contributed by atoms with Crippen LogP contribution in [0.25, 0.3) is 0 Å². The molecule has 0 unspecified atom stereocenters. The van der Waals surface area contributed by atoms with Crippen LogP contribution in [0.15, 0.2) is 18.2 Å². The molecule has 104 valence electrons. The van der Waals surface area contributed by atoms with Crippen molar-refractivity contribution >= 4 is 11.5 Å². The molecular formula is C11H8F2N4O3. The summed E-state index contributed by atoms with van der Waals surface area (Å²) in [7, 11) is 0. The van der Waals surface area contributed by atoms with Gasteiger partial charge in [0.05, 0.1) is 11.0 Å². The lowest BCUT2D eigenvalue weighted by molar-refractivity contribution is -0.387. The molecule has 0 aliphatic rings. The van der Waals surface area contributed by atoms with Crippen LogP contribution >= 0.6 is 0 Å². The van der Waals surface area contributed by atoms with Gasteiger partial charge in [0.2, 0.25) is 11.7 Å². The topological polar surface area (TPSA) is 104 Å². The lowest BCUT2D eigenvalue weighted by Gasteiger charge is -2.07. The van der Waals surface area contributed by atoms with E-state index in [2.05, 4.69) is 9.97 Å². The number of nitrogen functional groups attached to an aromatic ring is 1. The molecule has 0 aliphatic carbocycles. The van der Waals surface area contributed by atoms with E-state index < -0.39 is 28.0 Å². The van der Waals surface area contributed by atoms with Crippen molar-refractivity contribution in [2.45, 2.75) is 6.92 Å². The standard InChI is InChI=1S/C11H8F2N4O3/c1-5-15-10(14)4-11(16-5)20-9-3-6(12)8(17(18)19)2-7(9)13/h2-4H,1H3,(H2,14,15,16). The fourth-order valence-corrected chi connectivity index (χ4v) is 1.46. The summed E-state index contributed by atoms with van der Waals surface area (Å²) in [5, 5.41) is 10.5. The molecule has 1 aromatic carbocycles. The SMILES string of the molecule is Cc1nc(N)cc(Oc2cc(F)c([N+](=O)[O-])cc2F)n1. The average molecular weight is 282 g/mol. The van der Waals surface area contributed by atoms with Crippen LogP contribution in [-0.2, 0) is 0 Å². The molecule has 2 rings (SSSR count). The zero-order valence-electron chi connectivity index (χ0n) is 10.1. The van der Waals surface area contributed by atoms with Gasteiger partial charge in [-0.3, -0.25) is 10.1 Å². The minimum atomic E-state index is -1.22. The summed E-state index contributed by atoms with van der Waals surface area (Å²) >= 11 is 0. The van der Waals surface area contributed by atoms with Crippen molar-refractivity contribution in [3.8, 4) is 11.6 Å². The molecule has 0 fully saturated rings. The molecule has 0 aliphatic heterocycles. The Bertz CT molecular complexity index is 673. The molecule has 7 nitrogen and oxygen atoms in total. The van der Waals surface area contributed by atoms with E-state index in [1.54, 1.807) is 0 Å². The van der Waals surface area contributed by atoms with E-state index in [0.717, 1.165) is 0 Å². The zero-order chi connectivity index (χ0) is 14.9. The van der Waals surface area contributed by atoms with Crippen LogP contribution in [0.3, 0.4) is 0 Å². The molecule has 0 saturated carbocycles. The number of halogens is 2. The van der Waals surface area contributed by atoms with Crippen LogP contribution in [-0.4, -0.2) is 14.9 Å². The Labute approximate surface area is 111 Å². The highest BCUT2D eigenvalue weighted by molar-refractivity contribution is 5.42. The van der Waals surface area contributed by atoms with Crippen LogP contribution in [0.4, 0.5) is 20.3 Å². The van der Waals surface area contributed by atoms with Crippen LogP contribution < -0.4 is 10.5 Å². The van der Waals surface area contributed by atoms with E-state index in [-0.39, 0.29) is 17.5 Å². The molecule has 0 amide bonds. The molecule has 1 aromatic heterocycles. The van der Waals surface area contributed by atoms with Gasteiger partial charge in [-0.15, -0.1) is 0 Å². The number of aryl methyl sites for hydroxylation is 1. The second-order valence-electron chi connectivity index (χ2n) is 3.77. The number of aromatic nitrogens is 2. The molecule has 0 spiro atoms. The monoisotopic (exact) mass is 282 g/mol. The van der Waals surface area contributed by atoms with Crippen molar-refractivity contribution < 1.29 is 18.4 Å². The fraction of sp³-hybridized carbons (Fsp3) is 0.0909. The van der Waals surface area contributed by atoms with Gasteiger partial charge in [0.15, 0.2) is 11.6 Å². The number of benzene rings is 1. The van der Waals surface area contributed by atoms with Gasteiger partial charge in [0.1, 0.15) is 11.6 Å². The molecule has 2 aromatic rings. The van der Waals surface area contributed by atoms with Crippen LogP contribution in [0.2, 0.25) is 0 Å². The van der Waals surface area contributed by atoms with E-state index in [1.165, 1.54) is 13.0 Å². The van der Waals surface area contributed by atoms with Crippen molar-refractivity contribution in [2.75, 3.05) is 5.73 Å². The number of hydrogen-bond donors (Lipinski definition) is 1. The second-order valence-corrected chi connectivity index (χ2v) is 3.77. The Kier molecular flexibility index (Phi) is 3.42. The molecule has 9 heteroatoms. The highest BCUT2D eigenvalue weighted by atomic mass is 19.1. The Morgan fingerprint density at radius 2 is 1.95 bits per heavy atom. The largest absolute Gasteiger partial charge is 0.436 e. The van der Waals surface area contributed by atoms with E-state index in [4.69, 9.17) is 10.5 Å². The smallest absolute Gasteiger partial charge is 0.307 e. The number of rotatable bonds is 3. The number of nitro benzene ring substituents is 1. The predicted molar refractivity (Wildman–Crippen MR) is 64.3 cm³/mol. The van der Waals surface area contributed by atoms with Crippen molar-refractivity contribution in [2.24, 2.45) is 0 Å². The Hall–Kier alpha value is -2.84. The van der Waals surface area contributed by atoms with Gasteiger partial charge < -0.3 is 10.5 Å². The second kappa shape index (κ2) is 5.03. The molecule has 2 N–H and O–H groups in total. The van der Waals surface area contributed by atoms with Crippen LogP contribution in [0.5, 0.6) is 11.6 Å². The summed E-state index contributed by atoms with van der Waals surface area (Å²) < 4.78 is 32.0. The maximum Gasteiger partial charge on any atom is 0.307 e. The Morgan fingerprint density at radius 3 is 2.55 bits per heavy atom. The third-order valence-corrected chi connectivity index (χ3v) is 2.25. The first-order valence-corrected chi connectivity index (χ1v) is 5.29. The highest BCUT2D eigenvalue weighted by Crippen LogP contribution is 2.29. The molecule has 1 heterocycles. The van der Waals surface area contributed by atoms with Crippen molar-refractivity contribution in [3.05, 3.63) is 45.8 Å². The number of nitro groups is 1. The van der Waals surface area contributed by atoms with Crippen LogP contribution in [0, 0.1) is 28.7 Å². The Balaban J connectivity index is 2.39. The zero-order valence-corrected chi connectivity index (χ0v) is 10.1. The molecule has 0 bridgehead atoms. The molecule has 0 radical (unpaired) electrons. The number of nitrogens with zero attached hydrogens (tertiary/aromatic N) is 3. The van der Waals surface area contributed by atoms with E-state index in [1.807, 2.05) is 0 Å². The van der Waals surface area contributed by atoms with E-state index >= 15 is 0 Å². The van der Waals surface area contributed by atoms with Crippen molar-refractivity contribution in [1.82, 2.24) is 9.97 Å². The molecular weight excluding hydrogens is 274 g/mol. The Morgan fingerprint density at radius 1 is 1.25 bits per heavy atom. The third kappa shape index (κ3) is 2.76. The predicted octanol–water partition coefficient (Wildman–Crippen LogP) is 2.35. The lowest BCUT2D eigenvalue weighted by Crippen LogP contribution is -2.00. The summed E-state index contributed by atoms with van der Waals surface area (Å²) in [4.78, 5) is 17.0. The third-order valence-electron chi connectivity index (χ3n) is 2.25. The first-order chi connectivity index (χ1) is 9.36. The summed E-state index contributed by atoms with van der Waals surface area (Å²) in [5.74, 6) is -2.57. The van der Waals surface area contributed by atoms with Gasteiger partial charge in [-0.1, -0.05) is 0 Å². The highest BCUT2D eigenvalue weighted by Gasteiger charge is 2.20. The van der Waals surface area contributed by atoms with Gasteiger partial charge in [0, 0.05) is 12.1 Å². The van der Waals surface area contributed by atoms with Crippen molar-refractivity contribution in [3.63, 3.8) is 0 Å². The number of nitrogens with two attached hydrogens (primary N) is 1. The molecule has 0 atom stereocenters. The quantitative estimate of drug-likeness (QED) is 0.684. The van der Waals surface area contributed by atoms with Gasteiger partial charge >= 0.3 is 5.69 Å². The lowest BCUT2D eigenvalue weighted by atomic mass is 10.3. The number of ether oxygens (including phenoxy) is 1. The average Bonchev–Trinajstić information content (AvgIpc) is 2.31. The maximum absolute atomic E-state index is 13.6. The van der Waals surface area contributed by atoms with Gasteiger partial charge in [-0.05, 0) is 6.92 Å². The minimum Gasteiger partial charge on any atom is -0.436 e.